The summed E-state index contributed by atoms with van der Waals surface area (Å²) in [4.78, 5) is 18.1. The molecule has 0 saturated carbocycles. The van der Waals surface area contributed by atoms with E-state index in [0.29, 0.717) is 5.92 Å². The number of benzene rings is 1. The first-order valence-corrected chi connectivity index (χ1v) is 10.5. The topological polar surface area (TPSA) is 32.8 Å². The van der Waals surface area contributed by atoms with E-state index in [2.05, 4.69) is 4.90 Å². The van der Waals surface area contributed by atoms with Crippen molar-refractivity contribution in [3.05, 3.63) is 41.5 Å². The van der Waals surface area contributed by atoms with Crippen LogP contribution in [-0.4, -0.2) is 42.8 Å². The Morgan fingerprint density at radius 2 is 1.96 bits per heavy atom. The van der Waals surface area contributed by atoms with Crippen LogP contribution in [0.25, 0.3) is 10.4 Å². The predicted molar refractivity (Wildman–Crippen MR) is 107 cm³/mol. The second-order valence-electron chi connectivity index (χ2n) is 7.70. The van der Waals surface area contributed by atoms with E-state index >= 15 is 0 Å². The number of ether oxygens (including phenoxy) is 1. The lowest BCUT2D eigenvalue weighted by Gasteiger charge is -2.44. The van der Waals surface area contributed by atoms with Crippen molar-refractivity contribution < 1.29 is 13.9 Å². The van der Waals surface area contributed by atoms with Gasteiger partial charge in [0.15, 0.2) is 0 Å². The molecule has 6 heteroatoms. The number of carbonyl (C=O) groups excluding carboxylic acids is 1. The van der Waals surface area contributed by atoms with Crippen LogP contribution >= 0.6 is 11.3 Å². The number of piperidine rings is 3. The Kier molecular flexibility index (Phi) is 5.19. The van der Waals surface area contributed by atoms with Gasteiger partial charge in [-0.05, 0) is 69.5 Å². The van der Waals surface area contributed by atoms with E-state index in [9.17, 15) is 9.18 Å². The Hall–Kier alpha value is -1.92. The number of halogens is 1. The highest BCUT2D eigenvalue weighted by Crippen LogP contribution is 2.34. The quantitative estimate of drug-likeness (QED) is 0.739. The van der Waals surface area contributed by atoms with E-state index in [4.69, 9.17) is 4.74 Å². The van der Waals surface area contributed by atoms with Crippen molar-refractivity contribution in [3.63, 3.8) is 0 Å². The van der Waals surface area contributed by atoms with Crippen molar-refractivity contribution in [2.75, 3.05) is 24.5 Å². The molecule has 0 N–H and O–H groups in total. The number of fused-ring (bicyclic) bond motifs is 3. The van der Waals surface area contributed by atoms with Gasteiger partial charge in [-0.1, -0.05) is 12.1 Å². The number of hydrogen-bond acceptors (Lipinski definition) is 4. The summed E-state index contributed by atoms with van der Waals surface area (Å²) in [5, 5.41) is 1.97. The minimum Gasteiger partial charge on any atom is -0.444 e. The van der Waals surface area contributed by atoms with Crippen LogP contribution in [0.5, 0.6) is 0 Å². The molecule has 1 amide bonds. The zero-order valence-corrected chi connectivity index (χ0v) is 16.5. The zero-order valence-electron chi connectivity index (χ0n) is 15.7. The maximum atomic E-state index is 13.2. The molecule has 0 radical (unpaired) electrons. The second-order valence-corrected chi connectivity index (χ2v) is 8.61. The maximum absolute atomic E-state index is 13.2. The highest BCUT2D eigenvalue weighted by molar-refractivity contribution is 7.14. The van der Waals surface area contributed by atoms with Crippen LogP contribution in [0.1, 0.15) is 26.7 Å². The van der Waals surface area contributed by atoms with Crippen LogP contribution in [0.2, 0.25) is 0 Å². The molecule has 2 aromatic rings. The molecule has 27 heavy (non-hydrogen) atoms. The van der Waals surface area contributed by atoms with Crippen molar-refractivity contribution in [1.82, 2.24) is 4.90 Å². The number of anilines is 1. The number of thiophene rings is 1. The molecule has 1 unspecified atom stereocenters. The van der Waals surface area contributed by atoms with Gasteiger partial charge in [0.1, 0.15) is 11.9 Å². The highest BCUT2D eigenvalue weighted by atomic mass is 32.1. The molecule has 3 fully saturated rings. The summed E-state index contributed by atoms with van der Waals surface area (Å²) in [6.45, 7) is 7.09. The van der Waals surface area contributed by atoms with Gasteiger partial charge in [0.2, 0.25) is 0 Å². The van der Waals surface area contributed by atoms with Crippen LogP contribution in [0, 0.1) is 11.7 Å². The fourth-order valence-corrected chi connectivity index (χ4v) is 4.95. The van der Waals surface area contributed by atoms with Crippen LogP contribution in [0.4, 0.5) is 14.9 Å². The summed E-state index contributed by atoms with van der Waals surface area (Å²) in [5.41, 5.74) is 1.78. The Morgan fingerprint density at radius 3 is 2.56 bits per heavy atom. The summed E-state index contributed by atoms with van der Waals surface area (Å²) in [5.74, 6) is 0.241. The summed E-state index contributed by atoms with van der Waals surface area (Å²) >= 11 is 1.55. The number of nitrogens with zero attached hydrogens (tertiary/aromatic N) is 2. The second kappa shape index (κ2) is 7.60. The average molecular weight is 389 g/mol. The first-order valence-electron chi connectivity index (χ1n) is 9.58. The Bertz CT molecular complexity index is 797. The Labute approximate surface area is 163 Å². The van der Waals surface area contributed by atoms with Gasteiger partial charge in [-0.2, -0.15) is 0 Å². The molecule has 0 aliphatic carbocycles. The highest BCUT2D eigenvalue weighted by Gasteiger charge is 2.37. The summed E-state index contributed by atoms with van der Waals surface area (Å²) in [6, 6.07) is 8.41. The lowest BCUT2D eigenvalue weighted by Crippen LogP contribution is -2.53. The van der Waals surface area contributed by atoms with Crippen molar-refractivity contribution in [3.8, 4) is 10.4 Å². The number of carbonyl (C=O) groups is 1. The third-order valence-electron chi connectivity index (χ3n) is 5.55. The van der Waals surface area contributed by atoms with Crippen LogP contribution in [-0.2, 0) is 4.74 Å². The molecule has 4 heterocycles. The Morgan fingerprint density at radius 1 is 1.26 bits per heavy atom. The van der Waals surface area contributed by atoms with Crippen LogP contribution in [0.3, 0.4) is 0 Å². The molecule has 1 atom stereocenters. The number of amides is 1. The smallest absolute Gasteiger partial charge is 0.414 e. The van der Waals surface area contributed by atoms with Crippen molar-refractivity contribution in [2.45, 2.75) is 38.8 Å². The Balaban J connectivity index is 1.50. The van der Waals surface area contributed by atoms with E-state index in [0.717, 1.165) is 48.6 Å². The molecule has 3 aliphatic rings. The molecular formula is C21H25FN2O2S. The molecule has 0 spiro atoms. The van der Waals surface area contributed by atoms with Gasteiger partial charge in [0, 0.05) is 22.8 Å². The van der Waals surface area contributed by atoms with Gasteiger partial charge in [0.25, 0.3) is 0 Å². The molecule has 5 rings (SSSR count). The van der Waals surface area contributed by atoms with Gasteiger partial charge >= 0.3 is 6.09 Å². The monoisotopic (exact) mass is 388 g/mol. The maximum Gasteiger partial charge on any atom is 0.414 e. The first-order chi connectivity index (χ1) is 13.0. The van der Waals surface area contributed by atoms with Gasteiger partial charge in [-0.3, -0.25) is 9.80 Å². The number of rotatable bonds is 4. The van der Waals surface area contributed by atoms with Crippen LogP contribution in [0.15, 0.2) is 35.7 Å². The number of hydrogen-bond donors (Lipinski definition) is 0. The van der Waals surface area contributed by atoms with E-state index in [1.807, 2.05) is 25.3 Å². The minimum absolute atomic E-state index is 0.00328. The predicted octanol–water partition coefficient (Wildman–Crippen LogP) is 5.00. The van der Waals surface area contributed by atoms with Crippen LogP contribution < -0.4 is 4.90 Å². The van der Waals surface area contributed by atoms with Gasteiger partial charge in [-0.15, -0.1) is 11.3 Å². The molecule has 3 aliphatic heterocycles. The molecule has 3 saturated heterocycles. The normalized spacial score (nSPS) is 24.2. The third kappa shape index (κ3) is 3.87. The van der Waals surface area contributed by atoms with E-state index in [-0.39, 0.29) is 24.1 Å². The molecule has 144 valence electrons. The van der Waals surface area contributed by atoms with Crippen molar-refractivity contribution >= 4 is 23.1 Å². The largest absolute Gasteiger partial charge is 0.444 e. The SMILES string of the molecule is CC(C)N(C(=O)OC1CN2CCC1CC2)c1csc(-c2ccc(F)cc2)c1. The standard InChI is InChI=1S/C21H25FN2O2S/c1-14(2)24(21(25)26-19-12-23-9-7-15(19)8-10-23)18-11-20(27-13-18)16-3-5-17(22)6-4-16/h3-6,11,13-15,19H,7-10,12H2,1-2H3. The third-order valence-corrected chi connectivity index (χ3v) is 6.52. The first kappa shape index (κ1) is 18.4. The van der Waals surface area contributed by atoms with Gasteiger partial charge in [0.05, 0.1) is 5.69 Å². The lowest BCUT2D eigenvalue weighted by atomic mass is 9.86. The zero-order chi connectivity index (χ0) is 19.0. The summed E-state index contributed by atoms with van der Waals surface area (Å²) < 4.78 is 19.1. The van der Waals surface area contributed by atoms with E-state index in [1.54, 1.807) is 28.4 Å². The summed E-state index contributed by atoms with van der Waals surface area (Å²) in [7, 11) is 0. The molecule has 4 nitrogen and oxygen atoms in total. The van der Waals surface area contributed by atoms with Crippen molar-refractivity contribution in [1.29, 1.82) is 0 Å². The molecular weight excluding hydrogens is 363 g/mol. The fourth-order valence-electron chi connectivity index (χ4n) is 4.06. The van der Waals surface area contributed by atoms with E-state index in [1.165, 1.54) is 12.1 Å². The molecule has 1 aromatic heterocycles. The summed E-state index contributed by atoms with van der Waals surface area (Å²) in [6.07, 6.45) is 1.96. The molecule has 1 aromatic carbocycles. The average Bonchev–Trinajstić information content (AvgIpc) is 3.12. The van der Waals surface area contributed by atoms with Gasteiger partial charge in [-0.25, -0.2) is 9.18 Å². The van der Waals surface area contributed by atoms with Crippen molar-refractivity contribution in [2.24, 2.45) is 5.92 Å². The van der Waals surface area contributed by atoms with Gasteiger partial charge < -0.3 is 4.74 Å². The fraction of sp³-hybridized carbons (Fsp3) is 0.476. The lowest BCUT2D eigenvalue weighted by molar-refractivity contribution is -0.0313. The minimum atomic E-state index is -0.271. The van der Waals surface area contributed by atoms with E-state index < -0.39 is 0 Å². The molecule has 2 bridgehead atoms.